The van der Waals surface area contributed by atoms with Gasteiger partial charge in [-0.05, 0) is 39.2 Å². The van der Waals surface area contributed by atoms with Gasteiger partial charge in [0, 0.05) is 23.2 Å². The zero-order chi connectivity index (χ0) is 12.5. The van der Waals surface area contributed by atoms with E-state index in [0.717, 1.165) is 12.5 Å². The van der Waals surface area contributed by atoms with Gasteiger partial charge in [0.05, 0.1) is 6.54 Å². The van der Waals surface area contributed by atoms with Crippen LogP contribution in [0.2, 0.25) is 0 Å². The fraction of sp³-hybridized carbons (Fsp3) is 0.769. The van der Waals surface area contributed by atoms with Crippen molar-refractivity contribution in [3.63, 3.8) is 0 Å². The molecule has 0 bridgehead atoms. The highest BCUT2D eigenvalue weighted by Crippen LogP contribution is 2.25. The highest BCUT2D eigenvalue weighted by molar-refractivity contribution is 7.11. The zero-order valence-electron chi connectivity index (χ0n) is 11.1. The second-order valence-electron chi connectivity index (χ2n) is 5.82. The number of piperidine rings is 1. The lowest BCUT2D eigenvalue weighted by molar-refractivity contribution is 0.176. The summed E-state index contributed by atoms with van der Waals surface area (Å²) < 4.78 is 0. The van der Waals surface area contributed by atoms with Gasteiger partial charge in [0.2, 0.25) is 0 Å². The lowest BCUT2D eigenvalue weighted by atomic mass is 10.0. The Kier molecular flexibility index (Phi) is 3.85. The lowest BCUT2D eigenvalue weighted by Crippen LogP contribution is -2.33. The maximum absolute atomic E-state index is 6.08. The Morgan fingerprint density at radius 2 is 2.35 bits per heavy atom. The van der Waals surface area contributed by atoms with Gasteiger partial charge >= 0.3 is 0 Å². The Balaban J connectivity index is 1.97. The summed E-state index contributed by atoms with van der Waals surface area (Å²) in [6.07, 6.45) is 4.63. The van der Waals surface area contributed by atoms with Crippen molar-refractivity contribution >= 4 is 11.3 Å². The fourth-order valence-electron chi connectivity index (χ4n) is 2.30. The first-order valence-corrected chi connectivity index (χ1v) is 7.23. The fourth-order valence-corrected chi connectivity index (χ4v) is 3.28. The van der Waals surface area contributed by atoms with Gasteiger partial charge in [-0.1, -0.05) is 6.92 Å². The van der Waals surface area contributed by atoms with E-state index in [1.807, 2.05) is 20.0 Å². The van der Waals surface area contributed by atoms with E-state index in [0.29, 0.717) is 0 Å². The van der Waals surface area contributed by atoms with E-state index in [1.165, 1.54) is 35.8 Å². The van der Waals surface area contributed by atoms with Gasteiger partial charge < -0.3 is 5.73 Å². The Morgan fingerprint density at radius 3 is 2.94 bits per heavy atom. The number of hydrogen-bond acceptors (Lipinski definition) is 4. The first kappa shape index (κ1) is 13.0. The van der Waals surface area contributed by atoms with Crippen molar-refractivity contribution in [3.05, 3.63) is 16.1 Å². The number of nitrogens with zero attached hydrogens (tertiary/aromatic N) is 2. The van der Waals surface area contributed by atoms with Crippen LogP contribution in [0.15, 0.2) is 6.20 Å². The van der Waals surface area contributed by atoms with E-state index >= 15 is 0 Å². The monoisotopic (exact) mass is 253 g/mol. The number of thiazole rings is 1. The lowest BCUT2D eigenvalue weighted by Gasteiger charge is -2.29. The normalized spacial score (nSPS) is 22.9. The van der Waals surface area contributed by atoms with E-state index in [-0.39, 0.29) is 5.54 Å². The van der Waals surface area contributed by atoms with Crippen LogP contribution >= 0.6 is 11.3 Å². The number of aromatic nitrogens is 1. The van der Waals surface area contributed by atoms with E-state index in [4.69, 9.17) is 5.73 Å². The zero-order valence-corrected chi connectivity index (χ0v) is 11.9. The van der Waals surface area contributed by atoms with E-state index in [2.05, 4.69) is 16.8 Å². The van der Waals surface area contributed by atoms with Gasteiger partial charge in [-0.25, -0.2) is 4.98 Å². The van der Waals surface area contributed by atoms with Crippen LogP contribution in [0.25, 0.3) is 0 Å². The molecule has 0 saturated carbocycles. The maximum atomic E-state index is 6.08. The van der Waals surface area contributed by atoms with Crippen LogP contribution in [-0.4, -0.2) is 23.0 Å². The molecule has 0 aromatic carbocycles. The molecule has 4 heteroatoms. The van der Waals surface area contributed by atoms with Crippen molar-refractivity contribution in [3.8, 4) is 0 Å². The van der Waals surface area contributed by atoms with Crippen LogP contribution in [0, 0.1) is 5.92 Å². The van der Waals surface area contributed by atoms with Crippen molar-refractivity contribution in [2.45, 2.75) is 45.7 Å². The summed E-state index contributed by atoms with van der Waals surface area (Å²) in [5, 5.41) is 1.20. The van der Waals surface area contributed by atoms with Crippen molar-refractivity contribution in [1.82, 2.24) is 9.88 Å². The first-order valence-electron chi connectivity index (χ1n) is 6.41. The summed E-state index contributed by atoms with van der Waals surface area (Å²) in [4.78, 5) is 8.19. The molecular formula is C13H23N3S. The third kappa shape index (κ3) is 3.50. The molecule has 0 aliphatic carbocycles. The Hall–Kier alpha value is -0.450. The number of nitrogens with two attached hydrogens (primary N) is 1. The predicted octanol–water partition coefficient (Wildman–Crippen LogP) is 2.57. The molecule has 1 aromatic heterocycles. The Bertz CT molecular complexity index is 367. The molecular weight excluding hydrogens is 230 g/mol. The van der Waals surface area contributed by atoms with Gasteiger partial charge in [-0.3, -0.25) is 4.90 Å². The molecule has 1 saturated heterocycles. The molecule has 3 nitrogen and oxygen atoms in total. The number of likely N-dealkylation sites (tertiary alicyclic amines) is 1. The quantitative estimate of drug-likeness (QED) is 0.900. The van der Waals surface area contributed by atoms with E-state index in [9.17, 15) is 0 Å². The minimum Gasteiger partial charge on any atom is -0.321 e. The molecule has 1 fully saturated rings. The summed E-state index contributed by atoms with van der Waals surface area (Å²) >= 11 is 1.76. The maximum Gasteiger partial charge on any atom is 0.107 e. The molecule has 2 N–H and O–H groups in total. The van der Waals surface area contributed by atoms with Crippen molar-refractivity contribution < 1.29 is 0 Å². The van der Waals surface area contributed by atoms with Gasteiger partial charge in [0.25, 0.3) is 0 Å². The Labute approximate surface area is 108 Å². The SMILES string of the molecule is CC1CCCN(Cc2ncc(C(C)(C)N)s2)C1. The number of rotatable bonds is 3. The summed E-state index contributed by atoms with van der Waals surface area (Å²) in [5.74, 6) is 0.828. The molecule has 1 unspecified atom stereocenters. The molecule has 0 radical (unpaired) electrons. The third-order valence-electron chi connectivity index (χ3n) is 3.29. The molecule has 0 spiro atoms. The van der Waals surface area contributed by atoms with Crippen molar-refractivity contribution in [2.24, 2.45) is 11.7 Å². The summed E-state index contributed by atoms with van der Waals surface area (Å²) in [7, 11) is 0. The Morgan fingerprint density at radius 1 is 1.59 bits per heavy atom. The van der Waals surface area contributed by atoms with Crippen LogP contribution in [0.1, 0.15) is 43.5 Å². The van der Waals surface area contributed by atoms with Crippen LogP contribution in [0.3, 0.4) is 0 Å². The second-order valence-corrected chi connectivity index (χ2v) is 6.94. The van der Waals surface area contributed by atoms with Crippen molar-refractivity contribution in [2.75, 3.05) is 13.1 Å². The molecule has 17 heavy (non-hydrogen) atoms. The van der Waals surface area contributed by atoms with Crippen LogP contribution in [0.4, 0.5) is 0 Å². The molecule has 1 aromatic rings. The van der Waals surface area contributed by atoms with Gasteiger partial charge in [-0.15, -0.1) is 11.3 Å². The molecule has 1 atom stereocenters. The van der Waals surface area contributed by atoms with Crippen LogP contribution in [0.5, 0.6) is 0 Å². The highest BCUT2D eigenvalue weighted by Gasteiger charge is 2.20. The van der Waals surface area contributed by atoms with Crippen LogP contribution in [-0.2, 0) is 12.1 Å². The van der Waals surface area contributed by atoms with Crippen molar-refractivity contribution in [1.29, 1.82) is 0 Å². The predicted molar refractivity (Wildman–Crippen MR) is 73.0 cm³/mol. The minimum absolute atomic E-state index is 0.259. The largest absolute Gasteiger partial charge is 0.321 e. The molecule has 1 aliphatic heterocycles. The average Bonchev–Trinajstić information content (AvgIpc) is 2.65. The standard InChI is InChI=1S/C13H23N3S/c1-10-5-4-6-16(8-10)9-12-15-7-11(17-12)13(2,3)14/h7,10H,4-6,8-9,14H2,1-3H3. The average molecular weight is 253 g/mol. The van der Waals surface area contributed by atoms with Crippen LogP contribution < -0.4 is 5.73 Å². The summed E-state index contributed by atoms with van der Waals surface area (Å²) in [6.45, 7) is 9.82. The smallest absolute Gasteiger partial charge is 0.107 e. The van der Waals surface area contributed by atoms with E-state index < -0.39 is 0 Å². The molecule has 0 amide bonds. The number of hydrogen-bond donors (Lipinski definition) is 1. The molecule has 1 aliphatic rings. The first-order chi connectivity index (χ1) is 7.95. The van der Waals surface area contributed by atoms with Gasteiger partial charge in [-0.2, -0.15) is 0 Å². The minimum atomic E-state index is -0.259. The molecule has 2 rings (SSSR count). The molecule has 96 valence electrons. The van der Waals surface area contributed by atoms with Gasteiger partial charge in [0.1, 0.15) is 5.01 Å². The summed E-state index contributed by atoms with van der Waals surface area (Å²) in [6, 6.07) is 0. The molecule has 2 heterocycles. The second kappa shape index (κ2) is 5.04. The third-order valence-corrected chi connectivity index (χ3v) is 4.61. The topological polar surface area (TPSA) is 42.2 Å². The van der Waals surface area contributed by atoms with Gasteiger partial charge in [0.15, 0.2) is 0 Å². The van der Waals surface area contributed by atoms with E-state index in [1.54, 1.807) is 11.3 Å². The summed E-state index contributed by atoms with van der Waals surface area (Å²) in [5.41, 5.74) is 5.82. The highest BCUT2D eigenvalue weighted by atomic mass is 32.1.